The molecule has 0 fully saturated rings. The summed E-state index contributed by atoms with van der Waals surface area (Å²) in [6.45, 7) is 2.76. The number of nitrogens with zero attached hydrogens (tertiary/aromatic N) is 4. The number of methoxy groups -OCH3 is 2. The van der Waals surface area contributed by atoms with E-state index in [1.54, 1.807) is 13.4 Å². The van der Waals surface area contributed by atoms with E-state index in [2.05, 4.69) is 14.9 Å². The maximum absolute atomic E-state index is 13.5. The number of aryl methyl sites for hydroxylation is 1. The van der Waals surface area contributed by atoms with Crippen LogP contribution >= 0.6 is 0 Å². The molecule has 0 N–H and O–H groups in total. The number of amides is 1. The Kier molecular flexibility index (Phi) is 9.56. The summed E-state index contributed by atoms with van der Waals surface area (Å²) in [5.74, 6) is -0.507. The van der Waals surface area contributed by atoms with Crippen LogP contribution in [0.3, 0.4) is 0 Å². The zero-order valence-electron chi connectivity index (χ0n) is 23.3. The third-order valence-electron chi connectivity index (χ3n) is 6.65. The first-order valence-corrected chi connectivity index (χ1v) is 13.1. The first-order valence-electron chi connectivity index (χ1n) is 13.1. The van der Waals surface area contributed by atoms with Gasteiger partial charge in [0.1, 0.15) is 12.4 Å². The number of benzene rings is 2. The molecule has 40 heavy (non-hydrogen) atoms. The summed E-state index contributed by atoms with van der Waals surface area (Å²) < 4.78 is 23.4. The highest BCUT2D eigenvalue weighted by atomic mass is 16.5. The molecule has 0 atom stereocenters. The Hall–Kier alpha value is -4.60. The third kappa shape index (κ3) is 6.88. The van der Waals surface area contributed by atoms with Gasteiger partial charge in [0.15, 0.2) is 0 Å². The van der Waals surface area contributed by atoms with E-state index in [1.807, 2.05) is 73.3 Å². The first kappa shape index (κ1) is 28.4. The van der Waals surface area contributed by atoms with Gasteiger partial charge in [-0.05, 0) is 48.1 Å². The molecule has 2 aromatic carbocycles. The predicted molar refractivity (Wildman–Crippen MR) is 150 cm³/mol. The van der Waals surface area contributed by atoms with Crippen LogP contribution in [0.15, 0.2) is 71.0 Å². The van der Waals surface area contributed by atoms with Crippen molar-refractivity contribution in [3.8, 4) is 5.75 Å². The van der Waals surface area contributed by atoms with Crippen LogP contribution in [0.2, 0.25) is 0 Å². The van der Waals surface area contributed by atoms with Crippen molar-refractivity contribution < 1.29 is 28.2 Å². The van der Waals surface area contributed by atoms with E-state index in [4.69, 9.17) is 13.9 Å². The number of anilines is 1. The van der Waals surface area contributed by atoms with Crippen molar-refractivity contribution in [3.63, 3.8) is 0 Å². The monoisotopic (exact) mass is 546 g/mol. The molecular formula is C30H34N4O6. The molecule has 4 aromatic rings. The molecule has 0 spiro atoms. The number of hydrogen-bond donors (Lipinski definition) is 0. The summed E-state index contributed by atoms with van der Waals surface area (Å²) in [4.78, 5) is 26.8. The molecule has 0 bridgehead atoms. The van der Waals surface area contributed by atoms with E-state index in [-0.39, 0.29) is 30.8 Å². The van der Waals surface area contributed by atoms with Crippen molar-refractivity contribution >= 4 is 28.8 Å². The van der Waals surface area contributed by atoms with Crippen LogP contribution in [0.4, 0.5) is 6.01 Å². The molecule has 0 saturated heterocycles. The highest BCUT2D eigenvalue weighted by Crippen LogP contribution is 2.26. The number of hydrogen-bond acceptors (Lipinski definition) is 8. The van der Waals surface area contributed by atoms with Gasteiger partial charge in [-0.2, -0.15) is 0 Å². The van der Waals surface area contributed by atoms with Crippen molar-refractivity contribution in [2.24, 2.45) is 7.05 Å². The average molecular weight is 547 g/mol. The SMILES string of the molecule is CC/C(=C/OCc1ccccc1)CCC(=O)N(CCc1cn(C)c2cc(OC)ccc12)c1nnc(C(=O)OC)o1. The van der Waals surface area contributed by atoms with Gasteiger partial charge >= 0.3 is 17.9 Å². The van der Waals surface area contributed by atoms with Gasteiger partial charge in [0.2, 0.25) is 5.91 Å². The predicted octanol–water partition coefficient (Wildman–Crippen LogP) is 5.22. The van der Waals surface area contributed by atoms with E-state index in [0.29, 0.717) is 19.4 Å². The molecule has 10 nitrogen and oxygen atoms in total. The molecule has 0 unspecified atom stereocenters. The third-order valence-corrected chi connectivity index (χ3v) is 6.65. The van der Waals surface area contributed by atoms with Gasteiger partial charge in [-0.15, -0.1) is 0 Å². The van der Waals surface area contributed by atoms with Crippen molar-refractivity contribution in [1.82, 2.24) is 14.8 Å². The Morgan fingerprint density at radius 1 is 1.07 bits per heavy atom. The number of carbonyl (C=O) groups is 2. The summed E-state index contributed by atoms with van der Waals surface area (Å²) in [7, 11) is 4.83. The van der Waals surface area contributed by atoms with E-state index >= 15 is 0 Å². The lowest BCUT2D eigenvalue weighted by atomic mass is 10.1. The number of allylic oxidation sites excluding steroid dienone is 1. The number of carbonyl (C=O) groups excluding carboxylic acids is 2. The molecule has 210 valence electrons. The fraction of sp³-hybridized carbons (Fsp3) is 0.333. The fourth-order valence-electron chi connectivity index (χ4n) is 4.38. The zero-order chi connectivity index (χ0) is 28.5. The van der Waals surface area contributed by atoms with Gasteiger partial charge in [0.25, 0.3) is 0 Å². The van der Waals surface area contributed by atoms with Crippen LogP contribution in [0.1, 0.15) is 48.0 Å². The Morgan fingerprint density at radius 3 is 2.60 bits per heavy atom. The van der Waals surface area contributed by atoms with Crippen LogP contribution in [0.5, 0.6) is 5.75 Å². The van der Waals surface area contributed by atoms with Crippen molar-refractivity contribution in [2.45, 2.75) is 39.2 Å². The van der Waals surface area contributed by atoms with E-state index < -0.39 is 5.97 Å². The highest BCUT2D eigenvalue weighted by molar-refractivity contribution is 5.92. The smallest absolute Gasteiger partial charge is 0.396 e. The minimum Gasteiger partial charge on any atom is -0.497 e. The zero-order valence-corrected chi connectivity index (χ0v) is 23.3. The van der Waals surface area contributed by atoms with Gasteiger partial charge in [-0.25, -0.2) is 4.79 Å². The van der Waals surface area contributed by atoms with Crippen molar-refractivity contribution in [1.29, 1.82) is 0 Å². The molecule has 0 aliphatic carbocycles. The minimum atomic E-state index is -0.763. The molecule has 0 aliphatic heterocycles. The molecular weight excluding hydrogens is 512 g/mol. The summed E-state index contributed by atoms with van der Waals surface area (Å²) in [5, 5.41) is 8.79. The van der Waals surface area contributed by atoms with Gasteiger partial charge < -0.3 is 23.2 Å². The largest absolute Gasteiger partial charge is 0.497 e. The molecule has 4 rings (SSSR count). The van der Waals surface area contributed by atoms with Crippen LogP contribution < -0.4 is 9.64 Å². The standard InChI is InChI=1S/C30H34N4O6/c1-5-21(19-39-20-22-9-7-6-8-10-22)11-14-27(35)34(30-32-31-28(40-30)29(36)38-4)16-15-23-18-33(2)26-17-24(37-3)12-13-25(23)26/h6-10,12-13,17-19H,5,11,14-16,20H2,1-4H3/b21-19-. The molecule has 2 aromatic heterocycles. The highest BCUT2D eigenvalue weighted by Gasteiger charge is 2.25. The molecule has 0 aliphatic rings. The Morgan fingerprint density at radius 2 is 1.88 bits per heavy atom. The number of esters is 1. The van der Waals surface area contributed by atoms with E-state index in [0.717, 1.165) is 39.8 Å². The van der Waals surface area contributed by atoms with Gasteiger partial charge in [-0.3, -0.25) is 9.69 Å². The maximum Gasteiger partial charge on any atom is 0.396 e. The van der Waals surface area contributed by atoms with Crippen molar-refractivity contribution in [3.05, 3.63) is 83.6 Å². The Labute approximate surface area is 233 Å². The van der Waals surface area contributed by atoms with Crippen LogP contribution in [-0.4, -0.2) is 47.4 Å². The van der Waals surface area contributed by atoms with Gasteiger partial charge in [0, 0.05) is 37.7 Å². The maximum atomic E-state index is 13.5. The summed E-state index contributed by atoms with van der Waals surface area (Å²) in [6, 6.07) is 15.7. The Bertz CT molecular complexity index is 1470. The van der Waals surface area contributed by atoms with Crippen LogP contribution in [0, 0.1) is 0 Å². The minimum absolute atomic E-state index is 0.0466. The van der Waals surface area contributed by atoms with Crippen molar-refractivity contribution in [2.75, 3.05) is 25.7 Å². The topological polar surface area (TPSA) is 109 Å². The van der Waals surface area contributed by atoms with Crippen LogP contribution in [0.25, 0.3) is 10.9 Å². The van der Waals surface area contributed by atoms with Gasteiger partial charge in [-0.1, -0.05) is 47.5 Å². The lowest BCUT2D eigenvalue weighted by molar-refractivity contribution is -0.118. The lowest BCUT2D eigenvalue weighted by Crippen LogP contribution is -2.33. The van der Waals surface area contributed by atoms with Gasteiger partial charge in [0.05, 0.1) is 26.0 Å². The molecule has 2 heterocycles. The Balaban J connectivity index is 1.48. The van der Waals surface area contributed by atoms with Crippen LogP contribution in [-0.2, 0) is 34.3 Å². The molecule has 0 radical (unpaired) electrons. The molecule has 1 amide bonds. The second-order valence-electron chi connectivity index (χ2n) is 9.25. The van der Waals surface area contributed by atoms with E-state index in [9.17, 15) is 9.59 Å². The number of rotatable bonds is 13. The summed E-state index contributed by atoms with van der Waals surface area (Å²) in [6.07, 6.45) is 5.75. The summed E-state index contributed by atoms with van der Waals surface area (Å²) in [5.41, 5.74) is 4.15. The normalized spacial score (nSPS) is 11.4. The average Bonchev–Trinajstić information content (AvgIpc) is 3.59. The fourth-order valence-corrected chi connectivity index (χ4v) is 4.38. The molecule has 0 saturated carbocycles. The number of aromatic nitrogens is 3. The second-order valence-corrected chi connectivity index (χ2v) is 9.25. The van der Waals surface area contributed by atoms with E-state index in [1.165, 1.54) is 12.0 Å². The number of fused-ring (bicyclic) bond motifs is 1. The number of ether oxygens (including phenoxy) is 3. The molecule has 10 heteroatoms. The first-order chi connectivity index (χ1) is 19.4. The quantitative estimate of drug-likeness (QED) is 0.166. The summed E-state index contributed by atoms with van der Waals surface area (Å²) >= 11 is 0. The lowest BCUT2D eigenvalue weighted by Gasteiger charge is -2.18. The second kappa shape index (κ2) is 13.5.